The van der Waals surface area contributed by atoms with Crippen molar-refractivity contribution in [2.24, 2.45) is 0 Å². The number of methoxy groups -OCH3 is 1. The normalized spacial score (nSPS) is 12.6. The molecule has 1 amide bonds. The Bertz CT molecular complexity index is 1030. The summed E-state index contributed by atoms with van der Waals surface area (Å²) in [6, 6.07) is 4.81. The van der Waals surface area contributed by atoms with Crippen molar-refractivity contribution < 1.29 is 28.2 Å². The first-order chi connectivity index (χ1) is 17.3. The maximum Gasteiger partial charge on any atom is 0.338 e. The molecule has 0 spiro atoms. The van der Waals surface area contributed by atoms with E-state index in [0.29, 0.717) is 34.7 Å². The van der Waals surface area contributed by atoms with E-state index in [0.717, 1.165) is 0 Å². The molecule has 0 saturated carbocycles. The minimum Gasteiger partial charge on any atom is -0.488 e. The van der Waals surface area contributed by atoms with E-state index in [1.165, 1.54) is 30.5 Å². The van der Waals surface area contributed by atoms with Crippen LogP contribution in [0, 0.1) is 0 Å². The lowest BCUT2D eigenvalue weighted by Gasteiger charge is -2.42. The van der Waals surface area contributed by atoms with Crippen LogP contribution in [0.3, 0.4) is 0 Å². The fourth-order valence-corrected chi connectivity index (χ4v) is 10.3. The summed E-state index contributed by atoms with van der Waals surface area (Å²) in [6.45, 7) is 15.8. The molecule has 2 aromatic rings. The predicted octanol–water partition coefficient (Wildman–Crippen LogP) is 5.72. The molecule has 0 bridgehead atoms. The lowest BCUT2D eigenvalue weighted by atomic mass is 10.2. The van der Waals surface area contributed by atoms with E-state index in [9.17, 15) is 9.59 Å². The van der Waals surface area contributed by atoms with Crippen molar-refractivity contribution in [3.05, 3.63) is 41.9 Å². The smallest absolute Gasteiger partial charge is 0.338 e. The number of benzene rings is 1. The van der Waals surface area contributed by atoms with Gasteiger partial charge in [-0.25, -0.2) is 14.8 Å². The number of rotatable bonds is 12. The van der Waals surface area contributed by atoms with Gasteiger partial charge in [0.25, 0.3) is 5.91 Å². The van der Waals surface area contributed by atoms with Gasteiger partial charge in [-0.1, -0.05) is 41.5 Å². The zero-order valence-electron chi connectivity index (χ0n) is 23.7. The summed E-state index contributed by atoms with van der Waals surface area (Å²) in [5, 5.41) is 0. The van der Waals surface area contributed by atoms with Gasteiger partial charge in [-0.2, -0.15) is 0 Å². The van der Waals surface area contributed by atoms with Crippen LogP contribution in [0.25, 0.3) is 0 Å². The Kier molecular flexibility index (Phi) is 10.6. The highest BCUT2D eigenvalue weighted by Gasteiger charge is 2.45. The Morgan fingerprint density at radius 1 is 0.892 bits per heavy atom. The molecule has 37 heavy (non-hydrogen) atoms. The summed E-state index contributed by atoms with van der Waals surface area (Å²) < 4.78 is 23.6. The van der Waals surface area contributed by atoms with Gasteiger partial charge >= 0.3 is 5.97 Å². The van der Waals surface area contributed by atoms with Gasteiger partial charge < -0.3 is 23.5 Å². The monoisotopic (exact) mass is 531 g/mol. The molecule has 0 saturated heterocycles. The summed E-state index contributed by atoms with van der Waals surface area (Å²) in [5.74, 6) is 0.136. The molecule has 0 aliphatic carbocycles. The molecule has 0 unspecified atom stereocenters. The van der Waals surface area contributed by atoms with Gasteiger partial charge in [0.15, 0.2) is 0 Å². The summed E-state index contributed by atoms with van der Waals surface area (Å²) in [7, 11) is 2.54. The Morgan fingerprint density at radius 2 is 1.49 bits per heavy atom. The Hall–Kier alpha value is -2.98. The number of nitrogens with zero attached hydrogens (tertiary/aromatic N) is 3. The van der Waals surface area contributed by atoms with Gasteiger partial charge in [0.05, 0.1) is 31.7 Å². The molecule has 9 nitrogen and oxygen atoms in total. The summed E-state index contributed by atoms with van der Waals surface area (Å²) >= 11 is 0. The zero-order chi connectivity index (χ0) is 27.9. The van der Waals surface area contributed by atoms with Gasteiger partial charge in [-0.05, 0) is 35.7 Å². The van der Waals surface area contributed by atoms with E-state index in [-0.39, 0.29) is 29.1 Å². The maximum atomic E-state index is 12.3. The topological polar surface area (TPSA) is 100 Å². The van der Waals surface area contributed by atoms with E-state index in [4.69, 9.17) is 18.6 Å². The number of hydrogen-bond donors (Lipinski definition) is 0. The fourth-order valence-electron chi connectivity index (χ4n) is 4.79. The van der Waals surface area contributed by atoms with E-state index in [1.54, 1.807) is 26.2 Å². The van der Waals surface area contributed by atoms with Crippen molar-refractivity contribution >= 4 is 20.2 Å². The Morgan fingerprint density at radius 3 is 1.97 bits per heavy atom. The first-order valence-electron chi connectivity index (χ1n) is 12.6. The highest BCUT2D eigenvalue weighted by Crippen LogP contribution is 2.42. The predicted molar refractivity (Wildman–Crippen MR) is 145 cm³/mol. The van der Waals surface area contributed by atoms with Gasteiger partial charge in [-0.3, -0.25) is 4.79 Å². The average molecular weight is 532 g/mol. The van der Waals surface area contributed by atoms with E-state index < -0.39 is 14.3 Å². The van der Waals surface area contributed by atoms with Gasteiger partial charge in [0.1, 0.15) is 23.3 Å². The fraction of sp³-hybridized carbons (Fsp3) is 0.556. The molecule has 1 aromatic heterocycles. The first-order valence-corrected chi connectivity index (χ1v) is 14.7. The lowest BCUT2D eigenvalue weighted by Crippen LogP contribution is -2.49. The molecule has 1 aromatic carbocycles. The van der Waals surface area contributed by atoms with Gasteiger partial charge in [0, 0.05) is 20.2 Å². The molecular weight excluding hydrogens is 490 g/mol. The molecular formula is C27H41N3O6Si. The van der Waals surface area contributed by atoms with Crippen molar-refractivity contribution in [1.82, 2.24) is 14.9 Å². The lowest BCUT2D eigenvalue weighted by molar-refractivity contribution is 0.0599. The SMILES string of the molecule is COC(=O)c1cc(Oc2cnc(C(=O)N(C)C)cn2)cc(O[C@@H](C)CO[Si](C(C)C)(C(C)C)C(C)C)c1. The van der Waals surface area contributed by atoms with E-state index in [1.807, 2.05) is 6.92 Å². The first kappa shape index (κ1) is 30.2. The molecule has 0 radical (unpaired) electrons. The van der Waals surface area contributed by atoms with Crippen molar-refractivity contribution in [1.29, 1.82) is 0 Å². The van der Waals surface area contributed by atoms with Crippen LogP contribution < -0.4 is 9.47 Å². The van der Waals surface area contributed by atoms with Crippen LogP contribution in [0.15, 0.2) is 30.6 Å². The van der Waals surface area contributed by atoms with Crippen LogP contribution in [-0.4, -0.2) is 69.0 Å². The minimum atomic E-state index is -2.05. The third kappa shape index (κ3) is 7.51. The van der Waals surface area contributed by atoms with Crippen LogP contribution in [0.4, 0.5) is 0 Å². The Labute approximate surface area is 221 Å². The quantitative estimate of drug-likeness (QED) is 0.253. The third-order valence-electron chi connectivity index (χ3n) is 6.39. The number of hydrogen-bond acceptors (Lipinski definition) is 8. The summed E-state index contributed by atoms with van der Waals surface area (Å²) in [4.78, 5) is 34.0. The highest BCUT2D eigenvalue weighted by molar-refractivity contribution is 6.77. The molecule has 1 heterocycles. The highest BCUT2D eigenvalue weighted by atomic mass is 28.4. The molecule has 2 rings (SSSR count). The van der Waals surface area contributed by atoms with Crippen molar-refractivity contribution in [3.8, 4) is 17.4 Å². The maximum absolute atomic E-state index is 12.3. The number of aromatic nitrogens is 2. The molecule has 204 valence electrons. The van der Waals surface area contributed by atoms with Crippen LogP contribution in [0.5, 0.6) is 17.4 Å². The molecule has 1 atom stereocenters. The minimum absolute atomic E-state index is 0.168. The van der Waals surface area contributed by atoms with Crippen molar-refractivity contribution in [2.75, 3.05) is 27.8 Å². The van der Waals surface area contributed by atoms with Gasteiger partial charge in [0.2, 0.25) is 14.2 Å². The number of carbonyl (C=O) groups is 2. The number of esters is 1. The molecule has 0 aliphatic rings. The van der Waals surface area contributed by atoms with E-state index in [2.05, 4.69) is 51.5 Å². The van der Waals surface area contributed by atoms with Crippen LogP contribution in [0.1, 0.15) is 69.3 Å². The zero-order valence-corrected chi connectivity index (χ0v) is 24.7. The molecule has 0 aliphatic heterocycles. The standard InChI is InChI=1S/C27H41N3O6Si/c1-17(2)37(18(3)4,19(5)6)34-16-20(7)35-22-11-21(27(32)33-10)12-23(13-22)36-25-15-28-24(14-29-25)26(31)30(8)9/h11-15,17-20H,16H2,1-10H3/t20-/m0/s1. The molecule has 0 N–H and O–H groups in total. The summed E-state index contributed by atoms with van der Waals surface area (Å²) in [6.07, 6.45) is 2.43. The van der Waals surface area contributed by atoms with Crippen LogP contribution in [0.2, 0.25) is 16.6 Å². The second-order valence-electron chi connectivity index (χ2n) is 10.3. The third-order valence-corrected chi connectivity index (χ3v) is 12.5. The van der Waals surface area contributed by atoms with E-state index >= 15 is 0 Å². The van der Waals surface area contributed by atoms with Crippen LogP contribution in [-0.2, 0) is 9.16 Å². The summed E-state index contributed by atoms with van der Waals surface area (Å²) in [5.41, 5.74) is 1.85. The number of ether oxygens (including phenoxy) is 3. The van der Waals surface area contributed by atoms with Crippen molar-refractivity contribution in [2.45, 2.75) is 71.2 Å². The van der Waals surface area contributed by atoms with Crippen LogP contribution >= 0.6 is 0 Å². The van der Waals surface area contributed by atoms with Crippen molar-refractivity contribution in [3.63, 3.8) is 0 Å². The molecule has 10 heteroatoms. The second kappa shape index (κ2) is 13.0. The second-order valence-corrected chi connectivity index (χ2v) is 15.7. The Balaban J connectivity index is 2.24. The average Bonchev–Trinajstić information content (AvgIpc) is 2.83. The van der Waals surface area contributed by atoms with Gasteiger partial charge in [-0.15, -0.1) is 0 Å². The largest absolute Gasteiger partial charge is 0.488 e. The molecule has 0 fully saturated rings. The number of amides is 1. The number of carbonyl (C=O) groups excluding carboxylic acids is 2.